The second-order valence-corrected chi connectivity index (χ2v) is 6.90. The Labute approximate surface area is 147 Å². The number of carbonyl (C=O) groups is 1. The molecule has 4 rings (SSSR count). The molecule has 1 aromatic heterocycles. The van der Waals surface area contributed by atoms with Crippen molar-refractivity contribution in [1.29, 1.82) is 0 Å². The zero-order chi connectivity index (χ0) is 17.4. The molecule has 5 nitrogen and oxygen atoms in total. The molecule has 4 atom stereocenters. The van der Waals surface area contributed by atoms with Crippen LogP contribution < -0.4 is 5.32 Å². The molecule has 0 unspecified atom stereocenters. The Bertz CT molecular complexity index is 769. The number of nitrogens with one attached hydrogen (secondary N) is 1. The predicted octanol–water partition coefficient (Wildman–Crippen LogP) is 3.03. The molecule has 1 aliphatic carbocycles. The maximum absolute atomic E-state index is 12.8. The van der Waals surface area contributed by atoms with Crippen LogP contribution in [0.4, 0.5) is 0 Å². The second kappa shape index (κ2) is 6.65. The van der Waals surface area contributed by atoms with Gasteiger partial charge in [0.25, 0.3) is 5.91 Å². The van der Waals surface area contributed by atoms with Crippen LogP contribution >= 0.6 is 0 Å². The first-order valence-electron chi connectivity index (χ1n) is 8.75. The van der Waals surface area contributed by atoms with Crippen LogP contribution in [0.15, 0.2) is 40.8 Å². The van der Waals surface area contributed by atoms with Gasteiger partial charge in [-0.25, -0.2) is 0 Å². The summed E-state index contributed by atoms with van der Waals surface area (Å²) in [6.45, 7) is 3.29. The van der Waals surface area contributed by atoms with Gasteiger partial charge in [-0.2, -0.15) is 0 Å². The van der Waals surface area contributed by atoms with E-state index in [0.717, 1.165) is 30.1 Å². The lowest BCUT2D eigenvalue weighted by molar-refractivity contribution is -0.0809. The molecule has 132 valence electrons. The highest BCUT2D eigenvalue weighted by Gasteiger charge is 2.54. The van der Waals surface area contributed by atoms with E-state index in [1.54, 1.807) is 7.11 Å². The van der Waals surface area contributed by atoms with E-state index in [1.807, 2.05) is 43.3 Å². The predicted molar refractivity (Wildman–Crippen MR) is 93.3 cm³/mol. The molecule has 1 aliphatic heterocycles. The molecule has 1 aromatic carbocycles. The van der Waals surface area contributed by atoms with Gasteiger partial charge in [-0.05, 0) is 37.6 Å². The second-order valence-electron chi connectivity index (χ2n) is 6.90. The third-order valence-electron chi connectivity index (χ3n) is 5.33. The third-order valence-corrected chi connectivity index (χ3v) is 5.33. The number of carbonyl (C=O) groups excluding carboxylic acids is 1. The lowest BCUT2D eigenvalue weighted by atomic mass is 9.67. The van der Waals surface area contributed by atoms with Crippen LogP contribution in [-0.2, 0) is 9.47 Å². The number of rotatable bonds is 5. The topological polar surface area (TPSA) is 60.7 Å². The minimum atomic E-state index is -0.0541. The molecule has 1 N–H and O–H groups in total. The number of furan rings is 1. The van der Waals surface area contributed by atoms with Gasteiger partial charge in [0, 0.05) is 42.7 Å². The van der Waals surface area contributed by atoms with E-state index < -0.39 is 0 Å². The van der Waals surface area contributed by atoms with E-state index in [-0.39, 0.29) is 24.0 Å². The molecule has 1 saturated heterocycles. The maximum Gasteiger partial charge on any atom is 0.251 e. The molecule has 0 radical (unpaired) electrons. The van der Waals surface area contributed by atoms with Gasteiger partial charge in [0.2, 0.25) is 0 Å². The molecule has 5 heteroatoms. The van der Waals surface area contributed by atoms with E-state index in [1.165, 1.54) is 0 Å². The van der Waals surface area contributed by atoms with Gasteiger partial charge >= 0.3 is 0 Å². The van der Waals surface area contributed by atoms with Crippen molar-refractivity contribution in [2.45, 2.75) is 25.5 Å². The first kappa shape index (κ1) is 16.4. The highest BCUT2D eigenvalue weighted by Crippen LogP contribution is 2.43. The smallest absolute Gasteiger partial charge is 0.251 e. The standard InChI is InChI=1S/C20H23NO4/c1-12-6-7-17(25-12)13-4-3-5-14(10-13)20(22)21-18-15-8-9-24-19(15)16(18)11-23-2/h3-7,10,15-16,18-19H,8-9,11H2,1-2H3,(H,21,22)/t15-,16-,18-,19-/m0/s1. The molecule has 25 heavy (non-hydrogen) atoms. The molecule has 1 amide bonds. The van der Waals surface area contributed by atoms with Crippen molar-refractivity contribution in [2.75, 3.05) is 20.3 Å². The minimum Gasteiger partial charge on any atom is -0.461 e. The summed E-state index contributed by atoms with van der Waals surface area (Å²) in [5.74, 6) is 2.21. The van der Waals surface area contributed by atoms with E-state index in [4.69, 9.17) is 13.9 Å². The van der Waals surface area contributed by atoms with Crippen molar-refractivity contribution in [2.24, 2.45) is 11.8 Å². The van der Waals surface area contributed by atoms with E-state index in [2.05, 4.69) is 5.32 Å². The van der Waals surface area contributed by atoms with Gasteiger partial charge in [-0.3, -0.25) is 4.79 Å². The fourth-order valence-electron chi connectivity index (χ4n) is 4.07. The summed E-state index contributed by atoms with van der Waals surface area (Å²) in [7, 11) is 1.69. The van der Waals surface area contributed by atoms with Crippen molar-refractivity contribution in [3.63, 3.8) is 0 Å². The van der Waals surface area contributed by atoms with Crippen molar-refractivity contribution >= 4 is 5.91 Å². The normalized spacial score (nSPS) is 27.6. The Kier molecular flexibility index (Phi) is 4.36. The molecule has 2 heterocycles. The van der Waals surface area contributed by atoms with Gasteiger partial charge in [-0.15, -0.1) is 0 Å². The fourth-order valence-corrected chi connectivity index (χ4v) is 4.07. The van der Waals surface area contributed by atoms with Gasteiger partial charge in [0.15, 0.2) is 0 Å². The first-order chi connectivity index (χ1) is 12.2. The van der Waals surface area contributed by atoms with Gasteiger partial charge in [0.1, 0.15) is 11.5 Å². The third kappa shape index (κ3) is 2.98. The summed E-state index contributed by atoms with van der Waals surface area (Å²) >= 11 is 0. The van der Waals surface area contributed by atoms with Gasteiger partial charge < -0.3 is 19.2 Å². The molecular formula is C20H23NO4. The number of ether oxygens (including phenoxy) is 2. The zero-order valence-electron chi connectivity index (χ0n) is 14.5. The lowest BCUT2D eigenvalue weighted by Gasteiger charge is -2.47. The van der Waals surface area contributed by atoms with Crippen LogP contribution in [0.2, 0.25) is 0 Å². The molecule has 2 aromatic rings. The fraction of sp³-hybridized carbons (Fsp3) is 0.450. The quantitative estimate of drug-likeness (QED) is 0.908. The number of hydrogen-bond acceptors (Lipinski definition) is 4. The number of hydrogen-bond donors (Lipinski definition) is 1. The highest BCUT2D eigenvalue weighted by atomic mass is 16.5. The summed E-state index contributed by atoms with van der Waals surface area (Å²) in [6, 6.07) is 11.5. The summed E-state index contributed by atoms with van der Waals surface area (Å²) in [4.78, 5) is 12.8. The summed E-state index contributed by atoms with van der Waals surface area (Å²) in [6.07, 6.45) is 1.23. The highest BCUT2D eigenvalue weighted by molar-refractivity contribution is 5.95. The lowest BCUT2D eigenvalue weighted by Crippen LogP contribution is -2.62. The number of methoxy groups -OCH3 is 1. The Morgan fingerprint density at radius 1 is 1.32 bits per heavy atom. The maximum atomic E-state index is 12.8. The Hall–Kier alpha value is -2.11. The number of aryl methyl sites for hydroxylation is 1. The van der Waals surface area contributed by atoms with Crippen molar-refractivity contribution in [1.82, 2.24) is 5.32 Å². The van der Waals surface area contributed by atoms with Crippen LogP contribution in [0.25, 0.3) is 11.3 Å². The summed E-state index contributed by atoms with van der Waals surface area (Å²) < 4.78 is 16.7. The van der Waals surface area contributed by atoms with Gasteiger partial charge in [0.05, 0.1) is 12.7 Å². The average molecular weight is 341 g/mol. The monoisotopic (exact) mass is 341 g/mol. The summed E-state index contributed by atoms with van der Waals surface area (Å²) in [5.41, 5.74) is 1.55. The Morgan fingerprint density at radius 2 is 2.20 bits per heavy atom. The van der Waals surface area contributed by atoms with Crippen LogP contribution in [0, 0.1) is 18.8 Å². The summed E-state index contributed by atoms with van der Waals surface area (Å²) in [5, 5.41) is 3.19. The average Bonchev–Trinajstić information content (AvgIpc) is 3.24. The van der Waals surface area contributed by atoms with Crippen LogP contribution in [-0.4, -0.2) is 38.4 Å². The minimum absolute atomic E-state index is 0.0541. The molecule has 0 spiro atoms. The molecule has 2 fully saturated rings. The van der Waals surface area contributed by atoms with E-state index >= 15 is 0 Å². The zero-order valence-corrected chi connectivity index (χ0v) is 14.5. The van der Waals surface area contributed by atoms with E-state index in [0.29, 0.717) is 18.1 Å². The number of amides is 1. The molecular weight excluding hydrogens is 318 g/mol. The molecule has 1 saturated carbocycles. The van der Waals surface area contributed by atoms with Crippen LogP contribution in [0.1, 0.15) is 22.5 Å². The van der Waals surface area contributed by atoms with Crippen LogP contribution in [0.3, 0.4) is 0 Å². The number of benzene rings is 1. The van der Waals surface area contributed by atoms with Crippen LogP contribution in [0.5, 0.6) is 0 Å². The molecule has 2 aliphatic rings. The SMILES string of the molecule is COC[C@H]1[C@@H](NC(=O)c2cccc(-c3ccc(C)o3)c2)[C@@H]2CCO[C@@H]21. The van der Waals surface area contributed by atoms with Gasteiger partial charge in [-0.1, -0.05) is 12.1 Å². The Morgan fingerprint density at radius 3 is 2.96 bits per heavy atom. The van der Waals surface area contributed by atoms with Crippen molar-refractivity contribution < 1.29 is 18.7 Å². The first-order valence-corrected chi connectivity index (χ1v) is 8.75. The van der Waals surface area contributed by atoms with E-state index in [9.17, 15) is 4.79 Å². The number of fused-ring (bicyclic) bond motifs is 1. The largest absolute Gasteiger partial charge is 0.461 e. The van der Waals surface area contributed by atoms with Crippen molar-refractivity contribution in [3.8, 4) is 11.3 Å². The van der Waals surface area contributed by atoms with Crippen molar-refractivity contribution in [3.05, 3.63) is 47.7 Å². The Balaban J connectivity index is 1.49. The molecule has 0 bridgehead atoms.